The van der Waals surface area contributed by atoms with Gasteiger partial charge in [-0.1, -0.05) is 0 Å². The van der Waals surface area contributed by atoms with Crippen LogP contribution in [0.5, 0.6) is 11.5 Å². The first kappa shape index (κ1) is 11.1. The van der Waals surface area contributed by atoms with Gasteiger partial charge in [-0.15, -0.1) is 0 Å². The van der Waals surface area contributed by atoms with E-state index in [-0.39, 0.29) is 6.61 Å². The fraction of sp³-hybridized carbons (Fsp3) is 0.500. The molecule has 4 heteroatoms. The third-order valence-corrected chi connectivity index (χ3v) is 2.41. The number of hydrogen-bond donors (Lipinski definition) is 2. The summed E-state index contributed by atoms with van der Waals surface area (Å²) in [6.45, 7) is 2.38. The van der Waals surface area contributed by atoms with E-state index >= 15 is 0 Å². The van der Waals surface area contributed by atoms with Gasteiger partial charge in [-0.2, -0.15) is 0 Å². The number of nitrogens with one attached hydrogen (secondary N) is 1. The maximum atomic E-state index is 8.69. The molecular formula is C12H17NO3. The molecule has 0 aliphatic carbocycles. The summed E-state index contributed by atoms with van der Waals surface area (Å²) in [5.41, 5.74) is 0.998. The zero-order chi connectivity index (χ0) is 11.2. The molecule has 4 nitrogen and oxygen atoms in total. The summed E-state index contributed by atoms with van der Waals surface area (Å²) in [7, 11) is 0. The van der Waals surface area contributed by atoms with Crippen LogP contribution in [0.2, 0.25) is 0 Å². The number of anilines is 1. The van der Waals surface area contributed by atoms with E-state index < -0.39 is 0 Å². The van der Waals surface area contributed by atoms with Crippen LogP contribution in [0.1, 0.15) is 12.8 Å². The molecule has 0 fully saturated rings. The Morgan fingerprint density at radius 1 is 1.19 bits per heavy atom. The predicted octanol–water partition coefficient (Wildman–Crippen LogP) is 1.64. The molecular weight excluding hydrogens is 206 g/mol. The van der Waals surface area contributed by atoms with Crippen LogP contribution in [0.4, 0.5) is 5.69 Å². The lowest BCUT2D eigenvalue weighted by molar-refractivity contribution is 0.292. The molecule has 0 aromatic heterocycles. The van der Waals surface area contributed by atoms with Crippen LogP contribution in [0.25, 0.3) is 0 Å². The highest BCUT2D eigenvalue weighted by Gasteiger charge is 2.10. The molecule has 1 aromatic carbocycles. The van der Waals surface area contributed by atoms with E-state index in [1.165, 1.54) is 0 Å². The summed E-state index contributed by atoms with van der Waals surface area (Å²) in [6, 6.07) is 5.82. The van der Waals surface area contributed by atoms with Gasteiger partial charge in [-0.3, -0.25) is 0 Å². The lowest BCUT2D eigenvalue weighted by Gasteiger charge is -2.10. The molecule has 0 atom stereocenters. The molecule has 16 heavy (non-hydrogen) atoms. The summed E-state index contributed by atoms with van der Waals surface area (Å²) >= 11 is 0. The molecule has 1 aromatic rings. The largest absolute Gasteiger partial charge is 0.490 e. The number of ether oxygens (including phenoxy) is 2. The van der Waals surface area contributed by atoms with Crippen molar-refractivity contribution < 1.29 is 14.6 Å². The quantitative estimate of drug-likeness (QED) is 0.762. The molecule has 0 bridgehead atoms. The van der Waals surface area contributed by atoms with Crippen LogP contribution in [-0.2, 0) is 0 Å². The minimum Gasteiger partial charge on any atom is -0.490 e. The summed E-state index contributed by atoms with van der Waals surface area (Å²) in [6.07, 6.45) is 1.66. The van der Waals surface area contributed by atoms with Crippen molar-refractivity contribution in [1.29, 1.82) is 0 Å². The fourth-order valence-corrected chi connectivity index (χ4v) is 1.59. The van der Waals surface area contributed by atoms with Gasteiger partial charge >= 0.3 is 0 Å². The van der Waals surface area contributed by atoms with Crippen LogP contribution < -0.4 is 14.8 Å². The zero-order valence-corrected chi connectivity index (χ0v) is 9.24. The Hall–Kier alpha value is -1.42. The molecule has 88 valence electrons. The van der Waals surface area contributed by atoms with Crippen molar-refractivity contribution in [3.05, 3.63) is 18.2 Å². The van der Waals surface area contributed by atoms with Crippen molar-refractivity contribution in [1.82, 2.24) is 0 Å². The summed E-state index contributed by atoms with van der Waals surface area (Å²) in [5.74, 6) is 1.61. The van der Waals surface area contributed by atoms with Gasteiger partial charge in [0.1, 0.15) is 0 Å². The molecule has 1 aliphatic rings. The van der Waals surface area contributed by atoms with Crippen LogP contribution >= 0.6 is 0 Å². The molecule has 0 unspecified atom stereocenters. The first-order chi connectivity index (χ1) is 7.90. The summed E-state index contributed by atoms with van der Waals surface area (Å²) in [5, 5.41) is 11.9. The molecule has 2 rings (SSSR count). The number of rotatable bonds is 4. The third-order valence-electron chi connectivity index (χ3n) is 2.41. The van der Waals surface area contributed by atoms with Gasteiger partial charge in [0.05, 0.1) is 13.2 Å². The van der Waals surface area contributed by atoms with Crippen molar-refractivity contribution in [2.75, 3.05) is 31.7 Å². The molecule has 1 heterocycles. The minimum atomic E-state index is 0.206. The highest BCUT2D eigenvalue weighted by atomic mass is 16.5. The van der Waals surface area contributed by atoms with Crippen LogP contribution in [0, 0.1) is 0 Å². The maximum Gasteiger partial charge on any atom is 0.163 e. The summed E-state index contributed by atoms with van der Waals surface area (Å²) < 4.78 is 11.1. The first-order valence-electron chi connectivity index (χ1n) is 5.64. The Labute approximate surface area is 95.2 Å². The number of fused-ring (bicyclic) bond motifs is 1. The normalized spacial score (nSPS) is 14.3. The summed E-state index contributed by atoms with van der Waals surface area (Å²) in [4.78, 5) is 0. The van der Waals surface area contributed by atoms with E-state index in [1.54, 1.807) is 0 Å². The molecule has 1 aliphatic heterocycles. The van der Waals surface area contributed by atoms with Crippen molar-refractivity contribution in [2.45, 2.75) is 12.8 Å². The molecule has 0 radical (unpaired) electrons. The lowest BCUT2D eigenvalue weighted by atomic mass is 10.2. The SMILES string of the molecule is OCCCNc1ccc2c(c1)OCCCO2. The minimum absolute atomic E-state index is 0.206. The lowest BCUT2D eigenvalue weighted by Crippen LogP contribution is -2.03. The van der Waals surface area contributed by atoms with E-state index in [0.29, 0.717) is 13.2 Å². The van der Waals surface area contributed by atoms with Crippen molar-refractivity contribution in [3.63, 3.8) is 0 Å². The van der Waals surface area contributed by atoms with E-state index in [9.17, 15) is 0 Å². The second-order valence-corrected chi connectivity index (χ2v) is 3.72. The van der Waals surface area contributed by atoms with Gasteiger partial charge < -0.3 is 19.9 Å². The van der Waals surface area contributed by atoms with E-state index in [0.717, 1.165) is 36.6 Å². The highest BCUT2D eigenvalue weighted by molar-refractivity contribution is 5.54. The van der Waals surface area contributed by atoms with Crippen molar-refractivity contribution in [2.24, 2.45) is 0 Å². The van der Waals surface area contributed by atoms with E-state index in [4.69, 9.17) is 14.6 Å². The number of hydrogen-bond acceptors (Lipinski definition) is 4. The van der Waals surface area contributed by atoms with E-state index in [2.05, 4.69) is 5.32 Å². The Morgan fingerprint density at radius 3 is 2.81 bits per heavy atom. The third kappa shape index (κ3) is 2.79. The van der Waals surface area contributed by atoms with Gasteiger partial charge in [0.15, 0.2) is 11.5 Å². The van der Waals surface area contributed by atoms with E-state index in [1.807, 2.05) is 18.2 Å². The molecule has 0 spiro atoms. The molecule has 0 amide bonds. The monoisotopic (exact) mass is 223 g/mol. The Bertz CT molecular complexity index is 341. The van der Waals surface area contributed by atoms with Crippen LogP contribution in [0.15, 0.2) is 18.2 Å². The second-order valence-electron chi connectivity index (χ2n) is 3.72. The van der Waals surface area contributed by atoms with Crippen LogP contribution in [0.3, 0.4) is 0 Å². The predicted molar refractivity (Wildman–Crippen MR) is 62.2 cm³/mol. The Morgan fingerprint density at radius 2 is 2.00 bits per heavy atom. The number of benzene rings is 1. The highest BCUT2D eigenvalue weighted by Crippen LogP contribution is 2.32. The van der Waals surface area contributed by atoms with Crippen LogP contribution in [-0.4, -0.2) is 31.5 Å². The molecule has 0 saturated carbocycles. The van der Waals surface area contributed by atoms with Crippen molar-refractivity contribution in [3.8, 4) is 11.5 Å². The number of aliphatic hydroxyl groups excluding tert-OH is 1. The first-order valence-corrected chi connectivity index (χ1v) is 5.64. The Balaban J connectivity index is 2.02. The van der Waals surface area contributed by atoms with Gasteiger partial charge in [0, 0.05) is 31.3 Å². The van der Waals surface area contributed by atoms with Gasteiger partial charge in [-0.05, 0) is 18.6 Å². The van der Waals surface area contributed by atoms with Gasteiger partial charge in [0.25, 0.3) is 0 Å². The fourth-order valence-electron chi connectivity index (χ4n) is 1.59. The van der Waals surface area contributed by atoms with Gasteiger partial charge in [0.2, 0.25) is 0 Å². The number of aliphatic hydroxyl groups is 1. The van der Waals surface area contributed by atoms with Gasteiger partial charge in [-0.25, -0.2) is 0 Å². The molecule has 0 saturated heterocycles. The topological polar surface area (TPSA) is 50.7 Å². The zero-order valence-electron chi connectivity index (χ0n) is 9.24. The average molecular weight is 223 g/mol. The second kappa shape index (κ2) is 5.61. The standard InChI is InChI=1S/C12H17NO3/c14-6-1-5-13-10-3-4-11-12(9-10)16-8-2-7-15-11/h3-4,9,13-14H,1-2,5-8H2. The van der Waals surface area contributed by atoms with Crippen molar-refractivity contribution >= 4 is 5.69 Å². The molecule has 2 N–H and O–H groups in total. The smallest absolute Gasteiger partial charge is 0.163 e. The maximum absolute atomic E-state index is 8.69. The average Bonchev–Trinajstić information content (AvgIpc) is 2.54. The Kier molecular flexibility index (Phi) is 3.88.